The third-order valence-electron chi connectivity index (χ3n) is 6.25. The van der Waals surface area contributed by atoms with Gasteiger partial charge in [-0.05, 0) is 49.2 Å². The molecule has 0 bridgehead atoms. The normalized spacial score (nSPS) is 14.9. The lowest BCUT2D eigenvalue weighted by molar-refractivity contribution is 0.0473. The highest BCUT2D eigenvalue weighted by Crippen LogP contribution is 2.27. The summed E-state index contributed by atoms with van der Waals surface area (Å²) in [4.78, 5) is 24.6. The zero-order chi connectivity index (χ0) is 24.3. The molecule has 0 saturated heterocycles. The summed E-state index contributed by atoms with van der Waals surface area (Å²) in [5, 5.41) is 0.625. The van der Waals surface area contributed by atoms with Gasteiger partial charge in [0.15, 0.2) is 0 Å². The molecular weight excluding hydrogens is 458 g/mol. The number of hydrogen-bond acceptors (Lipinski definition) is 7. The summed E-state index contributed by atoms with van der Waals surface area (Å²) in [7, 11) is -0.521. The molecule has 8 nitrogen and oxygen atoms in total. The molecule has 180 valence electrons. The largest absolute Gasteiger partial charge is 0.497 e. The van der Waals surface area contributed by atoms with Crippen LogP contribution in [-0.2, 0) is 21.4 Å². The van der Waals surface area contributed by atoms with Gasteiger partial charge in [0.2, 0.25) is 10.0 Å². The molecule has 0 radical (unpaired) electrons. The molecule has 1 aliphatic carbocycles. The maximum Gasteiger partial charge on any atom is 0.338 e. The van der Waals surface area contributed by atoms with Crippen molar-refractivity contribution in [2.24, 2.45) is 0 Å². The van der Waals surface area contributed by atoms with E-state index < -0.39 is 21.6 Å². The highest BCUT2D eigenvalue weighted by Gasteiger charge is 2.29. The number of hydrogen-bond donors (Lipinski definition) is 0. The maximum atomic E-state index is 13.0. The Labute approximate surface area is 198 Å². The van der Waals surface area contributed by atoms with Crippen LogP contribution in [0.4, 0.5) is 0 Å². The standard InChI is InChI=1S/C25H27NO7S/c1-26(19-6-4-3-5-7-19)34(29,30)21-11-8-17(9-12-21)25(28)32-16-18-14-24(27)33-23-15-20(31-2)10-13-22(18)23/h8-15,19H,3-7,16H2,1-2H3. The Bertz CT molecular complexity index is 1340. The van der Waals surface area contributed by atoms with Crippen molar-refractivity contribution in [2.45, 2.75) is 49.6 Å². The van der Waals surface area contributed by atoms with Crippen LogP contribution >= 0.6 is 0 Å². The number of nitrogens with zero attached hydrogens (tertiary/aromatic N) is 1. The Kier molecular flexibility index (Phi) is 7.04. The fraction of sp³-hybridized carbons (Fsp3) is 0.360. The Morgan fingerprint density at radius 1 is 1.06 bits per heavy atom. The molecule has 1 saturated carbocycles. The van der Waals surface area contributed by atoms with Gasteiger partial charge in [0.05, 0.1) is 17.6 Å². The highest BCUT2D eigenvalue weighted by atomic mass is 32.2. The Hall–Kier alpha value is -3.17. The summed E-state index contributed by atoms with van der Waals surface area (Å²) < 4.78 is 43.2. The Morgan fingerprint density at radius 2 is 1.76 bits per heavy atom. The van der Waals surface area contributed by atoms with Gasteiger partial charge in [0.25, 0.3) is 0 Å². The van der Waals surface area contributed by atoms with Gasteiger partial charge in [0.1, 0.15) is 17.9 Å². The van der Waals surface area contributed by atoms with Gasteiger partial charge in [-0.3, -0.25) is 0 Å². The fourth-order valence-corrected chi connectivity index (χ4v) is 5.67. The summed E-state index contributed by atoms with van der Waals surface area (Å²) in [6.45, 7) is -0.141. The smallest absolute Gasteiger partial charge is 0.338 e. The molecule has 0 aliphatic heterocycles. The molecule has 4 rings (SSSR count). The van der Waals surface area contributed by atoms with Crippen LogP contribution in [-0.4, -0.2) is 38.9 Å². The number of carbonyl (C=O) groups is 1. The van der Waals surface area contributed by atoms with Gasteiger partial charge in [-0.2, -0.15) is 4.31 Å². The molecule has 2 aromatic carbocycles. The summed E-state index contributed by atoms with van der Waals surface area (Å²) in [6, 6.07) is 12.0. The summed E-state index contributed by atoms with van der Waals surface area (Å²) in [5.74, 6) is -0.0894. The Balaban J connectivity index is 1.47. The predicted octanol–water partition coefficient (Wildman–Crippen LogP) is 4.11. The zero-order valence-corrected chi connectivity index (χ0v) is 20.0. The van der Waals surface area contributed by atoms with E-state index in [9.17, 15) is 18.0 Å². The minimum Gasteiger partial charge on any atom is -0.497 e. The van der Waals surface area contributed by atoms with Gasteiger partial charge < -0.3 is 13.9 Å². The number of benzene rings is 2. The second-order valence-electron chi connectivity index (χ2n) is 8.37. The molecule has 0 atom stereocenters. The Morgan fingerprint density at radius 3 is 2.44 bits per heavy atom. The van der Waals surface area contributed by atoms with Crippen LogP contribution in [0.3, 0.4) is 0 Å². The minimum atomic E-state index is -3.65. The predicted molar refractivity (Wildman–Crippen MR) is 126 cm³/mol. The van der Waals surface area contributed by atoms with Crippen molar-refractivity contribution in [3.8, 4) is 5.75 Å². The summed E-state index contributed by atoms with van der Waals surface area (Å²) >= 11 is 0. The number of sulfonamides is 1. The molecule has 9 heteroatoms. The van der Waals surface area contributed by atoms with E-state index >= 15 is 0 Å². The van der Waals surface area contributed by atoms with Crippen LogP contribution in [0.2, 0.25) is 0 Å². The van der Waals surface area contributed by atoms with Gasteiger partial charge in [0, 0.05) is 36.2 Å². The number of esters is 1. The van der Waals surface area contributed by atoms with Crippen molar-refractivity contribution in [3.05, 3.63) is 70.1 Å². The average Bonchev–Trinajstić information content (AvgIpc) is 2.86. The van der Waals surface area contributed by atoms with Crippen LogP contribution in [0.5, 0.6) is 5.75 Å². The monoisotopic (exact) mass is 485 g/mol. The van der Waals surface area contributed by atoms with Crippen LogP contribution < -0.4 is 10.4 Å². The van der Waals surface area contributed by atoms with Crippen LogP contribution in [0.15, 0.2) is 62.6 Å². The quantitative estimate of drug-likeness (QED) is 0.366. The third kappa shape index (κ3) is 5.00. The first-order valence-corrected chi connectivity index (χ1v) is 12.6. The van der Waals surface area contributed by atoms with Crippen molar-refractivity contribution in [1.29, 1.82) is 0 Å². The van der Waals surface area contributed by atoms with Crippen LogP contribution in [0.1, 0.15) is 48.0 Å². The molecule has 1 aliphatic rings. The maximum absolute atomic E-state index is 13.0. The molecule has 3 aromatic rings. The number of ether oxygens (including phenoxy) is 2. The molecule has 0 N–H and O–H groups in total. The first-order valence-electron chi connectivity index (χ1n) is 11.2. The van der Waals surface area contributed by atoms with Gasteiger partial charge in [-0.15, -0.1) is 0 Å². The SMILES string of the molecule is COc1ccc2c(COC(=O)c3ccc(S(=O)(=O)N(C)C4CCCCC4)cc3)cc(=O)oc2c1. The zero-order valence-electron chi connectivity index (χ0n) is 19.2. The molecule has 34 heavy (non-hydrogen) atoms. The van der Waals surface area contributed by atoms with Gasteiger partial charge >= 0.3 is 11.6 Å². The lowest BCUT2D eigenvalue weighted by Gasteiger charge is -2.30. The van der Waals surface area contributed by atoms with Crippen molar-refractivity contribution < 1.29 is 27.1 Å². The second-order valence-corrected chi connectivity index (χ2v) is 10.4. The number of carbonyl (C=O) groups excluding carboxylic acids is 1. The van der Waals surface area contributed by atoms with Crippen molar-refractivity contribution in [2.75, 3.05) is 14.2 Å². The molecule has 0 spiro atoms. The van der Waals surface area contributed by atoms with Gasteiger partial charge in [-0.1, -0.05) is 19.3 Å². The topological polar surface area (TPSA) is 103 Å². The van der Waals surface area contributed by atoms with E-state index in [4.69, 9.17) is 13.9 Å². The van der Waals surface area contributed by atoms with E-state index in [1.54, 1.807) is 25.2 Å². The van der Waals surface area contributed by atoms with E-state index in [0.29, 0.717) is 22.3 Å². The molecule has 0 unspecified atom stereocenters. The lowest BCUT2D eigenvalue weighted by atomic mass is 9.96. The highest BCUT2D eigenvalue weighted by molar-refractivity contribution is 7.89. The van der Waals surface area contributed by atoms with E-state index in [-0.39, 0.29) is 23.1 Å². The second kappa shape index (κ2) is 9.99. The van der Waals surface area contributed by atoms with Crippen LogP contribution in [0.25, 0.3) is 11.0 Å². The average molecular weight is 486 g/mol. The van der Waals surface area contributed by atoms with E-state index in [1.807, 2.05) is 0 Å². The van der Waals surface area contributed by atoms with Crippen molar-refractivity contribution >= 4 is 27.0 Å². The number of rotatable bonds is 7. The first kappa shape index (κ1) is 24.0. The minimum absolute atomic E-state index is 0.00157. The van der Waals surface area contributed by atoms with E-state index in [2.05, 4.69) is 0 Å². The van der Waals surface area contributed by atoms with Crippen LogP contribution in [0, 0.1) is 0 Å². The number of methoxy groups -OCH3 is 1. The number of fused-ring (bicyclic) bond motifs is 1. The lowest BCUT2D eigenvalue weighted by Crippen LogP contribution is -2.38. The van der Waals surface area contributed by atoms with Crippen molar-refractivity contribution in [3.63, 3.8) is 0 Å². The molecule has 1 fully saturated rings. The van der Waals surface area contributed by atoms with E-state index in [1.165, 1.54) is 41.7 Å². The summed E-state index contributed by atoms with van der Waals surface area (Å²) in [5.41, 5.74) is 0.474. The molecule has 1 aromatic heterocycles. The van der Waals surface area contributed by atoms with E-state index in [0.717, 1.165) is 32.1 Å². The summed E-state index contributed by atoms with van der Waals surface area (Å²) in [6.07, 6.45) is 4.92. The fourth-order valence-electron chi connectivity index (χ4n) is 4.25. The van der Waals surface area contributed by atoms with Crippen molar-refractivity contribution in [1.82, 2.24) is 4.31 Å². The van der Waals surface area contributed by atoms with Gasteiger partial charge in [-0.25, -0.2) is 18.0 Å². The molecular formula is C25H27NO7S. The first-order chi connectivity index (χ1) is 16.3. The third-order valence-corrected chi connectivity index (χ3v) is 8.18. The molecule has 0 amide bonds. The molecule has 1 heterocycles.